The average molecular weight is 495 g/mol. The molecule has 0 atom stereocenters. The van der Waals surface area contributed by atoms with Crippen LogP contribution in [0.25, 0.3) is 0 Å². The van der Waals surface area contributed by atoms with E-state index in [0.717, 1.165) is 43.2 Å². The number of halogens is 2. The summed E-state index contributed by atoms with van der Waals surface area (Å²) in [4.78, 5) is 20.2. The Kier molecular flexibility index (Phi) is 8.90. The highest BCUT2D eigenvalue weighted by molar-refractivity contribution is 14.0. The molecule has 1 aromatic carbocycles. The molecular formula is C16H24BrIN4O. The van der Waals surface area contributed by atoms with Crippen LogP contribution in [-0.2, 0) is 11.3 Å². The van der Waals surface area contributed by atoms with Gasteiger partial charge in [0.25, 0.3) is 0 Å². The van der Waals surface area contributed by atoms with E-state index in [1.54, 1.807) is 6.92 Å². The van der Waals surface area contributed by atoms with Gasteiger partial charge in [0, 0.05) is 44.1 Å². The quantitative estimate of drug-likeness (QED) is 0.399. The molecule has 2 rings (SSSR count). The Morgan fingerprint density at radius 3 is 2.48 bits per heavy atom. The Labute approximate surface area is 163 Å². The number of carbonyl (C=O) groups excluding carboxylic acids is 1. The van der Waals surface area contributed by atoms with E-state index in [0.29, 0.717) is 6.54 Å². The van der Waals surface area contributed by atoms with Gasteiger partial charge in [-0.05, 0) is 24.6 Å². The van der Waals surface area contributed by atoms with Crippen LogP contribution in [0.3, 0.4) is 0 Å². The van der Waals surface area contributed by atoms with Gasteiger partial charge < -0.3 is 15.1 Å². The first kappa shape index (κ1) is 20.2. The fraction of sp³-hybridized carbons (Fsp3) is 0.500. The maximum Gasteiger partial charge on any atom is 0.219 e. The normalized spacial score (nSPS) is 15.2. The number of amides is 1. The summed E-state index contributed by atoms with van der Waals surface area (Å²) >= 11 is 3.48. The molecule has 1 aliphatic rings. The number of hydrogen-bond acceptors (Lipinski definition) is 2. The lowest BCUT2D eigenvalue weighted by molar-refractivity contribution is -0.130. The molecule has 0 aromatic heterocycles. The van der Waals surface area contributed by atoms with Crippen LogP contribution >= 0.6 is 39.9 Å². The van der Waals surface area contributed by atoms with Crippen LogP contribution in [0.4, 0.5) is 0 Å². The van der Waals surface area contributed by atoms with E-state index in [9.17, 15) is 4.79 Å². The second-order valence-corrected chi connectivity index (χ2v) is 6.21. The highest BCUT2D eigenvalue weighted by atomic mass is 127. The SMILES string of the molecule is CCNC(=NCc1cccc(Br)c1)N1CCN(C(C)=O)CC1.I. The minimum atomic E-state index is 0. The van der Waals surface area contributed by atoms with Crippen LogP contribution < -0.4 is 5.32 Å². The largest absolute Gasteiger partial charge is 0.357 e. The van der Waals surface area contributed by atoms with E-state index in [4.69, 9.17) is 4.99 Å². The summed E-state index contributed by atoms with van der Waals surface area (Å²) < 4.78 is 1.07. The summed E-state index contributed by atoms with van der Waals surface area (Å²) in [5.74, 6) is 1.07. The first-order chi connectivity index (χ1) is 10.6. The van der Waals surface area contributed by atoms with Crippen molar-refractivity contribution in [3.63, 3.8) is 0 Å². The van der Waals surface area contributed by atoms with Gasteiger partial charge in [0.1, 0.15) is 0 Å². The molecule has 0 unspecified atom stereocenters. The van der Waals surface area contributed by atoms with E-state index in [-0.39, 0.29) is 29.9 Å². The van der Waals surface area contributed by atoms with Crippen molar-refractivity contribution in [2.75, 3.05) is 32.7 Å². The standard InChI is InChI=1S/C16H23BrN4O.HI/c1-3-18-16(19-12-14-5-4-6-15(17)11-14)21-9-7-20(8-10-21)13(2)22;/h4-6,11H,3,7-10,12H2,1-2H3,(H,18,19);1H. The van der Waals surface area contributed by atoms with E-state index < -0.39 is 0 Å². The lowest BCUT2D eigenvalue weighted by Gasteiger charge is -2.36. The van der Waals surface area contributed by atoms with Crippen molar-refractivity contribution < 1.29 is 4.79 Å². The van der Waals surface area contributed by atoms with Crippen molar-refractivity contribution in [3.8, 4) is 0 Å². The van der Waals surface area contributed by atoms with Crippen LogP contribution in [0, 0.1) is 0 Å². The van der Waals surface area contributed by atoms with Gasteiger partial charge in [0.15, 0.2) is 5.96 Å². The minimum absolute atomic E-state index is 0. The third-order valence-corrected chi connectivity index (χ3v) is 4.15. The van der Waals surface area contributed by atoms with Crippen molar-refractivity contribution in [3.05, 3.63) is 34.3 Å². The fourth-order valence-corrected chi connectivity index (χ4v) is 2.91. The number of nitrogens with one attached hydrogen (secondary N) is 1. The molecule has 7 heteroatoms. The molecule has 1 N–H and O–H groups in total. The first-order valence-corrected chi connectivity index (χ1v) is 8.42. The van der Waals surface area contributed by atoms with Crippen LogP contribution in [0.5, 0.6) is 0 Å². The Balaban J connectivity index is 0.00000264. The summed E-state index contributed by atoms with van der Waals surface area (Å²) in [5, 5.41) is 3.34. The molecular weight excluding hydrogens is 471 g/mol. The molecule has 1 amide bonds. The Bertz CT molecular complexity index is 545. The Morgan fingerprint density at radius 1 is 1.26 bits per heavy atom. The molecule has 5 nitrogen and oxygen atoms in total. The average Bonchev–Trinajstić information content (AvgIpc) is 2.51. The molecule has 1 fully saturated rings. The molecule has 1 heterocycles. The monoisotopic (exact) mass is 494 g/mol. The van der Waals surface area contributed by atoms with Gasteiger partial charge >= 0.3 is 0 Å². The van der Waals surface area contributed by atoms with Gasteiger partial charge in [-0.1, -0.05) is 28.1 Å². The number of guanidine groups is 1. The van der Waals surface area contributed by atoms with E-state index in [1.165, 1.54) is 5.56 Å². The minimum Gasteiger partial charge on any atom is -0.357 e. The van der Waals surface area contributed by atoms with Crippen molar-refractivity contribution in [2.45, 2.75) is 20.4 Å². The second-order valence-electron chi connectivity index (χ2n) is 5.29. The van der Waals surface area contributed by atoms with Crippen LogP contribution in [0.1, 0.15) is 19.4 Å². The predicted octanol–water partition coefficient (Wildman–Crippen LogP) is 2.70. The van der Waals surface area contributed by atoms with Gasteiger partial charge in [0.2, 0.25) is 5.91 Å². The highest BCUT2D eigenvalue weighted by Gasteiger charge is 2.20. The van der Waals surface area contributed by atoms with Crippen LogP contribution in [0.2, 0.25) is 0 Å². The lowest BCUT2D eigenvalue weighted by atomic mass is 10.2. The zero-order chi connectivity index (χ0) is 15.9. The van der Waals surface area contributed by atoms with E-state index in [2.05, 4.69) is 45.2 Å². The number of nitrogens with zero attached hydrogens (tertiary/aromatic N) is 3. The zero-order valence-electron chi connectivity index (χ0n) is 13.6. The van der Waals surface area contributed by atoms with E-state index >= 15 is 0 Å². The van der Waals surface area contributed by atoms with Crippen molar-refractivity contribution in [1.82, 2.24) is 15.1 Å². The Hall–Kier alpha value is -0.830. The van der Waals surface area contributed by atoms with Gasteiger partial charge in [-0.25, -0.2) is 4.99 Å². The number of rotatable bonds is 3. The van der Waals surface area contributed by atoms with Gasteiger partial charge in [-0.3, -0.25) is 4.79 Å². The molecule has 1 aromatic rings. The first-order valence-electron chi connectivity index (χ1n) is 7.63. The molecule has 0 saturated carbocycles. The number of carbonyl (C=O) groups is 1. The number of benzene rings is 1. The summed E-state index contributed by atoms with van der Waals surface area (Å²) in [5.41, 5.74) is 1.17. The van der Waals surface area contributed by atoms with Crippen molar-refractivity contribution in [1.29, 1.82) is 0 Å². The maximum absolute atomic E-state index is 11.4. The third-order valence-electron chi connectivity index (χ3n) is 3.66. The second kappa shape index (κ2) is 10.1. The molecule has 0 spiro atoms. The van der Waals surface area contributed by atoms with Gasteiger partial charge in [-0.2, -0.15) is 0 Å². The topological polar surface area (TPSA) is 47.9 Å². The molecule has 128 valence electrons. The molecule has 0 bridgehead atoms. The van der Waals surface area contributed by atoms with Crippen molar-refractivity contribution in [2.24, 2.45) is 4.99 Å². The third kappa shape index (κ3) is 6.29. The Morgan fingerprint density at radius 2 is 1.91 bits per heavy atom. The molecule has 1 aliphatic heterocycles. The van der Waals surface area contributed by atoms with Crippen LogP contribution in [0.15, 0.2) is 33.7 Å². The summed E-state index contributed by atoms with van der Waals surface area (Å²) in [7, 11) is 0. The van der Waals surface area contributed by atoms with Crippen LogP contribution in [-0.4, -0.2) is 54.4 Å². The fourth-order valence-electron chi connectivity index (χ4n) is 2.46. The molecule has 1 saturated heterocycles. The highest BCUT2D eigenvalue weighted by Crippen LogP contribution is 2.12. The maximum atomic E-state index is 11.4. The summed E-state index contributed by atoms with van der Waals surface area (Å²) in [6, 6.07) is 8.19. The lowest BCUT2D eigenvalue weighted by Crippen LogP contribution is -2.53. The number of piperazine rings is 1. The van der Waals surface area contributed by atoms with Gasteiger partial charge in [-0.15, -0.1) is 24.0 Å². The van der Waals surface area contributed by atoms with Crippen molar-refractivity contribution >= 4 is 51.8 Å². The predicted molar refractivity (Wildman–Crippen MR) is 108 cm³/mol. The zero-order valence-corrected chi connectivity index (χ0v) is 17.5. The molecule has 23 heavy (non-hydrogen) atoms. The molecule has 0 radical (unpaired) electrons. The summed E-state index contributed by atoms with van der Waals surface area (Å²) in [6.07, 6.45) is 0. The number of aliphatic imine (C=N–C) groups is 1. The van der Waals surface area contributed by atoms with E-state index in [1.807, 2.05) is 17.0 Å². The van der Waals surface area contributed by atoms with Gasteiger partial charge in [0.05, 0.1) is 6.54 Å². The molecule has 0 aliphatic carbocycles. The summed E-state index contributed by atoms with van der Waals surface area (Å²) in [6.45, 7) is 8.35. The smallest absolute Gasteiger partial charge is 0.219 e. The number of hydrogen-bond donors (Lipinski definition) is 1.